The topological polar surface area (TPSA) is 159 Å². The first-order chi connectivity index (χ1) is 15.1. The highest BCUT2D eigenvalue weighted by atomic mass is 19.3. The van der Waals surface area contributed by atoms with E-state index in [-0.39, 0.29) is 38.8 Å². The summed E-state index contributed by atoms with van der Waals surface area (Å²) in [7, 11) is 0. The molecule has 2 rings (SSSR count). The highest BCUT2D eigenvalue weighted by Gasteiger charge is 2.56. The molecule has 1 aromatic rings. The zero-order valence-corrected chi connectivity index (χ0v) is 18.1. The van der Waals surface area contributed by atoms with Gasteiger partial charge in [0.1, 0.15) is 5.54 Å². The highest BCUT2D eigenvalue weighted by molar-refractivity contribution is 6.16. The third kappa shape index (κ3) is 5.74. The molecule has 8 nitrogen and oxygen atoms in total. The van der Waals surface area contributed by atoms with E-state index in [1.807, 2.05) is 30.3 Å². The molecule has 1 saturated heterocycles. The number of halogens is 2. The minimum absolute atomic E-state index is 0.208. The van der Waals surface area contributed by atoms with Crippen molar-refractivity contribution in [3.8, 4) is 0 Å². The lowest BCUT2D eigenvalue weighted by Gasteiger charge is -2.35. The molecule has 1 fully saturated rings. The van der Waals surface area contributed by atoms with Crippen LogP contribution in [0, 0.1) is 0 Å². The number of nitrogens with zero attached hydrogens (tertiary/aromatic N) is 1. The number of hydrogen-bond acceptors (Lipinski definition) is 7. The van der Waals surface area contributed by atoms with Crippen LogP contribution in [0.3, 0.4) is 0 Å². The number of alkyl halides is 2. The zero-order chi connectivity index (χ0) is 23.9. The van der Waals surface area contributed by atoms with Gasteiger partial charge < -0.3 is 27.8 Å². The van der Waals surface area contributed by atoms with Crippen LogP contribution >= 0.6 is 0 Å². The van der Waals surface area contributed by atoms with Crippen LogP contribution < -0.4 is 22.9 Å². The van der Waals surface area contributed by atoms with E-state index in [9.17, 15) is 23.2 Å². The van der Waals surface area contributed by atoms with Crippen LogP contribution in [-0.2, 0) is 20.8 Å². The summed E-state index contributed by atoms with van der Waals surface area (Å²) in [5, 5.41) is 0. The van der Waals surface area contributed by atoms with E-state index in [4.69, 9.17) is 22.9 Å². The van der Waals surface area contributed by atoms with Gasteiger partial charge in [-0.1, -0.05) is 30.3 Å². The average molecular weight is 454 g/mol. The van der Waals surface area contributed by atoms with Crippen LogP contribution in [0.25, 0.3) is 0 Å². The number of nitrogens with two attached hydrogens (primary N) is 4. The molecule has 0 bridgehead atoms. The lowest BCUT2D eigenvalue weighted by atomic mass is 9.78. The summed E-state index contributed by atoms with van der Waals surface area (Å²) in [5.41, 5.74) is 21.1. The summed E-state index contributed by atoms with van der Waals surface area (Å²) >= 11 is 0. The first-order valence-corrected chi connectivity index (χ1v) is 10.8. The van der Waals surface area contributed by atoms with Crippen molar-refractivity contribution in [2.45, 2.75) is 62.1 Å². The van der Waals surface area contributed by atoms with E-state index in [0.717, 1.165) is 5.56 Å². The number of amides is 1. The number of hydrogen-bond donors (Lipinski definition) is 4. The second-order valence-electron chi connectivity index (χ2n) is 8.30. The summed E-state index contributed by atoms with van der Waals surface area (Å²) < 4.78 is 28.4. The Hall–Kier alpha value is -2.27. The predicted molar refractivity (Wildman–Crippen MR) is 117 cm³/mol. The Labute approximate surface area is 186 Å². The van der Waals surface area contributed by atoms with Crippen LogP contribution in [0.2, 0.25) is 0 Å². The van der Waals surface area contributed by atoms with Crippen LogP contribution in [0.1, 0.15) is 37.7 Å². The summed E-state index contributed by atoms with van der Waals surface area (Å²) in [6.45, 7) is -0.767. The van der Waals surface area contributed by atoms with Crippen molar-refractivity contribution < 1.29 is 23.2 Å². The van der Waals surface area contributed by atoms with Crippen molar-refractivity contribution in [3.05, 3.63) is 35.9 Å². The molecule has 178 valence electrons. The molecule has 0 aliphatic carbocycles. The van der Waals surface area contributed by atoms with Crippen LogP contribution in [0.15, 0.2) is 30.3 Å². The van der Waals surface area contributed by atoms with Crippen LogP contribution in [0.4, 0.5) is 8.78 Å². The maximum Gasteiger partial charge on any atom is 0.319 e. The van der Waals surface area contributed by atoms with Crippen molar-refractivity contribution >= 4 is 17.5 Å². The normalized spacial score (nSPS) is 19.4. The number of ketones is 2. The van der Waals surface area contributed by atoms with Crippen molar-refractivity contribution in [1.29, 1.82) is 0 Å². The molecule has 10 heteroatoms. The molecule has 8 N–H and O–H groups in total. The van der Waals surface area contributed by atoms with Crippen molar-refractivity contribution in [2.75, 3.05) is 19.6 Å². The van der Waals surface area contributed by atoms with Crippen LogP contribution in [0.5, 0.6) is 0 Å². The van der Waals surface area contributed by atoms with Gasteiger partial charge in [-0.25, -0.2) is 0 Å². The largest absolute Gasteiger partial charge is 0.331 e. The number of benzene rings is 1. The number of rotatable bonds is 12. The smallest absolute Gasteiger partial charge is 0.319 e. The summed E-state index contributed by atoms with van der Waals surface area (Å²) in [6.07, 6.45) is 1.26. The Morgan fingerprint density at radius 3 is 2.38 bits per heavy atom. The Morgan fingerprint density at radius 1 is 1.12 bits per heavy atom. The van der Waals surface area contributed by atoms with Crippen molar-refractivity contribution in [1.82, 2.24) is 4.90 Å². The van der Waals surface area contributed by atoms with Gasteiger partial charge in [-0.3, -0.25) is 14.4 Å². The van der Waals surface area contributed by atoms with Gasteiger partial charge in [0.25, 0.3) is 0 Å². The number of carbonyl (C=O) groups is 3. The Kier molecular flexibility index (Phi) is 8.97. The van der Waals surface area contributed by atoms with Crippen LogP contribution in [-0.4, -0.2) is 65.6 Å². The van der Waals surface area contributed by atoms with Gasteiger partial charge in [-0.2, -0.15) is 8.78 Å². The molecule has 1 aromatic carbocycles. The Balaban J connectivity index is 2.25. The molecule has 1 unspecified atom stereocenters. The number of carbonyl (C=O) groups excluding carboxylic acids is 3. The number of likely N-dealkylation sites (tertiary alicyclic amines) is 1. The van der Waals surface area contributed by atoms with E-state index in [1.165, 1.54) is 4.90 Å². The highest BCUT2D eigenvalue weighted by Crippen LogP contribution is 2.30. The maximum absolute atomic E-state index is 14.2. The van der Waals surface area contributed by atoms with E-state index < -0.39 is 47.6 Å². The van der Waals surface area contributed by atoms with E-state index in [2.05, 4.69) is 0 Å². The van der Waals surface area contributed by atoms with Gasteiger partial charge in [0, 0.05) is 6.54 Å². The van der Waals surface area contributed by atoms with Gasteiger partial charge in [-0.15, -0.1) is 0 Å². The molecule has 0 radical (unpaired) electrons. The Bertz CT molecular complexity index is 808. The van der Waals surface area contributed by atoms with Gasteiger partial charge in [-0.05, 0) is 50.6 Å². The summed E-state index contributed by atoms with van der Waals surface area (Å²) in [5.74, 6) is -7.05. The third-order valence-electron chi connectivity index (χ3n) is 5.91. The second-order valence-corrected chi connectivity index (χ2v) is 8.30. The van der Waals surface area contributed by atoms with Gasteiger partial charge >= 0.3 is 5.92 Å². The lowest BCUT2D eigenvalue weighted by Crippen LogP contribution is -2.66. The maximum atomic E-state index is 14.2. The quantitative estimate of drug-likeness (QED) is 0.258. The number of Topliss-reactive ketones (excluding diaryl/α,β-unsaturated/α-hetero) is 2. The Morgan fingerprint density at radius 2 is 1.78 bits per heavy atom. The molecule has 0 spiro atoms. The monoisotopic (exact) mass is 453 g/mol. The molecule has 0 saturated carbocycles. The molecule has 1 amide bonds. The van der Waals surface area contributed by atoms with E-state index >= 15 is 0 Å². The number of unbranched alkanes of at least 4 members (excludes halogenated alkanes) is 1. The first kappa shape index (κ1) is 26.0. The lowest BCUT2D eigenvalue weighted by molar-refractivity contribution is -0.155. The zero-order valence-electron chi connectivity index (χ0n) is 18.1. The fourth-order valence-electron chi connectivity index (χ4n) is 4.08. The van der Waals surface area contributed by atoms with E-state index in [0.29, 0.717) is 12.8 Å². The van der Waals surface area contributed by atoms with Gasteiger partial charge in [0.2, 0.25) is 11.7 Å². The third-order valence-corrected chi connectivity index (χ3v) is 5.91. The second kappa shape index (κ2) is 11.0. The molecule has 3 atom stereocenters. The van der Waals surface area contributed by atoms with Gasteiger partial charge in [0.15, 0.2) is 5.78 Å². The summed E-state index contributed by atoms with van der Waals surface area (Å²) in [6, 6.07) is 7.13. The van der Waals surface area contributed by atoms with Gasteiger partial charge in [0.05, 0.1) is 18.6 Å². The van der Waals surface area contributed by atoms with Crippen molar-refractivity contribution in [3.63, 3.8) is 0 Å². The van der Waals surface area contributed by atoms with Crippen molar-refractivity contribution in [2.24, 2.45) is 22.9 Å². The molecular weight excluding hydrogens is 420 g/mol. The minimum Gasteiger partial charge on any atom is -0.331 e. The summed E-state index contributed by atoms with van der Waals surface area (Å²) in [4.78, 5) is 40.3. The van der Waals surface area contributed by atoms with E-state index in [1.54, 1.807) is 0 Å². The molecule has 1 heterocycles. The fraction of sp³-hybridized carbons (Fsp3) is 0.591. The molecule has 1 aliphatic heterocycles. The first-order valence-electron chi connectivity index (χ1n) is 10.8. The molecule has 32 heavy (non-hydrogen) atoms. The minimum atomic E-state index is -3.95. The molecule has 1 aliphatic rings. The standard InChI is InChI=1S/C22H33F2N5O3/c23-22(24,14-26)20(32)21(28,10-4-5-11-25)18(30)17-9-6-12-29(17)19(31)16(27)13-15-7-2-1-3-8-15/h1-3,7-8,16-17H,4-6,9-14,25-28H2/t16-,17+,21?/m1/s1. The SMILES string of the molecule is NCCCCC(N)(C(=O)[C@@H]1CCCN1C(=O)[C@H](N)Cc1ccccc1)C(=O)C(F)(F)CN. The molecular formula is C22H33F2N5O3. The average Bonchev–Trinajstić information content (AvgIpc) is 3.27. The molecule has 0 aromatic heterocycles. The predicted octanol–water partition coefficient (Wildman–Crippen LogP) is 0.106. The fourth-order valence-corrected chi connectivity index (χ4v) is 4.08.